The maximum Gasteiger partial charge on any atom is 0.241 e. The number of aryl methyl sites for hydroxylation is 1. The van der Waals surface area contributed by atoms with E-state index in [-0.39, 0.29) is 35.7 Å². The third-order valence-electron chi connectivity index (χ3n) is 3.37. The topological polar surface area (TPSA) is 101 Å². The van der Waals surface area contributed by atoms with Crippen LogP contribution in [0.3, 0.4) is 0 Å². The number of halogens is 1. The van der Waals surface area contributed by atoms with Crippen LogP contribution >= 0.6 is 12.4 Å². The first-order chi connectivity index (χ1) is 10.9. The monoisotopic (exact) mass is 391 g/mol. The van der Waals surface area contributed by atoms with Crippen molar-refractivity contribution >= 4 is 28.3 Å². The average molecular weight is 392 g/mol. The lowest BCUT2D eigenvalue weighted by Gasteiger charge is -2.24. The SMILES string of the molecule is Cc1ccc(S(=O)(=O)NC(CC(C)C)C(=O)NCC(C)(C)N)cc1.Cl. The molecule has 1 aromatic carbocycles. The van der Waals surface area contributed by atoms with Gasteiger partial charge in [0.25, 0.3) is 0 Å². The summed E-state index contributed by atoms with van der Waals surface area (Å²) in [7, 11) is -3.76. The van der Waals surface area contributed by atoms with Gasteiger partial charge in [0.2, 0.25) is 15.9 Å². The van der Waals surface area contributed by atoms with E-state index in [9.17, 15) is 13.2 Å². The van der Waals surface area contributed by atoms with E-state index in [0.717, 1.165) is 5.56 Å². The molecule has 0 spiro atoms. The molecule has 0 aliphatic heterocycles. The highest BCUT2D eigenvalue weighted by molar-refractivity contribution is 7.89. The third kappa shape index (κ3) is 8.67. The zero-order chi connectivity index (χ0) is 18.5. The number of hydrogen-bond acceptors (Lipinski definition) is 4. The summed E-state index contributed by atoms with van der Waals surface area (Å²) in [6.07, 6.45) is 0.405. The van der Waals surface area contributed by atoms with E-state index in [1.165, 1.54) is 12.1 Å². The predicted octanol–water partition coefficient (Wildman–Crippen LogP) is 1.96. The lowest BCUT2D eigenvalue weighted by molar-refractivity contribution is -0.123. The summed E-state index contributed by atoms with van der Waals surface area (Å²) in [4.78, 5) is 12.5. The Morgan fingerprint density at radius 2 is 1.72 bits per heavy atom. The summed E-state index contributed by atoms with van der Waals surface area (Å²) in [6, 6.07) is 5.68. The van der Waals surface area contributed by atoms with E-state index in [1.807, 2.05) is 20.8 Å². The second-order valence-electron chi connectivity index (χ2n) is 7.32. The molecule has 6 nitrogen and oxygen atoms in total. The van der Waals surface area contributed by atoms with Crippen LogP contribution in [-0.2, 0) is 14.8 Å². The van der Waals surface area contributed by atoms with Crippen molar-refractivity contribution < 1.29 is 13.2 Å². The Labute approximate surface area is 157 Å². The van der Waals surface area contributed by atoms with Crippen LogP contribution in [0.1, 0.15) is 39.7 Å². The van der Waals surface area contributed by atoms with Gasteiger partial charge < -0.3 is 11.1 Å². The minimum Gasteiger partial charge on any atom is -0.353 e. The molecule has 0 fully saturated rings. The van der Waals surface area contributed by atoms with Crippen LogP contribution in [0.25, 0.3) is 0 Å². The Balaban J connectivity index is 0.00000576. The van der Waals surface area contributed by atoms with Gasteiger partial charge in [-0.1, -0.05) is 31.5 Å². The van der Waals surface area contributed by atoms with E-state index in [1.54, 1.807) is 26.0 Å². The molecule has 4 N–H and O–H groups in total. The number of hydrogen-bond donors (Lipinski definition) is 3. The molecule has 0 heterocycles. The minimum absolute atomic E-state index is 0. The van der Waals surface area contributed by atoms with E-state index in [0.29, 0.717) is 6.42 Å². The molecule has 0 aliphatic rings. The summed E-state index contributed by atoms with van der Waals surface area (Å²) in [5.41, 5.74) is 6.27. The van der Waals surface area contributed by atoms with Crippen LogP contribution < -0.4 is 15.8 Å². The number of benzene rings is 1. The Kier molecular flexibility index (Phi) is 9.08. The molecule has 144 valence electrons. The molecule has 1 aromatic rings. The van der Waals surface area contributed by atoms with Gasteiger partial charge in [0, 0.05) is 12.1 Å². The van der Waals surface area contributed by atoms with E-state index in [4.69, 9.17) is 5.73 Å². The van der Waals surface area contributed by atoms with Gasteiger partial charge in [-0.2, -0.15) is 4.72 Å². The van der Waals surface area contributed by atoms with Gasteiger partial charge in [-0.25, -0.2) is 8.42 Å². The second-order valence-corrected chi connectivity index (χ2v) is 9.04. The number of amides is 1. The molecule has 25 heavy (non-hydrogen) atoms. The Morgan fingerprint density at radius 3 is 2.16 bits per heavy atom. The highest BCUT2D eigenvalue weighted by Gasteiger charge is 2.27. The van der Waals surface area contributed by atoms with Crippen molar-refractivity contribution in [2.75, 3.05) is 6.54 Å². The van der Waals surface area contributed by atoms with Crippen molar-refractivity contribution in [3.05, 3.63) is 29.8 Å². The lowest BCUT2D eigenvalue weighted by atomic mass is 10.0. The molecular formula is C17H30ClN3O3S. The number of nitrogens with two attached hydrogens (primary N) is 1. The van der Waals surface area contributed by atoms with Crippen LogP contribution in [0.4, 0.5) is 0 Å². The quantitative estimate of drug-likeness (QED) is 0.630. The molecule has 0 aliphatic carbocycles. The Bertz CT molecular complexity index is 653. The zero-order valence-electron chi connectivity index (χ0n) is 15.5. The molecule has 1 amide bonds. The summed E-state index contributed by atoms with van der Waals surface area (Å²) in [5, 5.41) is 2.72. The van der Waals surface area contributed by atoms with Crippen molar-refractivity contribution in [3.63, 3.8) is 0 Å². The van der Waals surface area contributed by atoms with Crippen molar-refractivity contribution in [2.45, 2.75) is 57.5 Å². The lowest BCUT2D eigenvalue weighted by Crippen LogP contribution is -2.52. The fourth-order valence-electron chi connectivity index (χ4n) is 2.09. The number of carbonyl (C=O) groups is 1. The minimum atomic E-state index is -3.76. The largest absolute Gasteiger partial charge is 0.353 e. The van der Waals surface area contributed by atoms with Crippen molar-refractivity contribution in [3.8, 4) is 0 Å². The first-order valence-corrected chi connectivity index (χ1v) is 9.54. The highest BCUT2D eigenvalue weighted by atomic mass is 35.5. The number of carbonyl (C=O) groups excluding carboxylic acids is 1. The number of sulfonamides is 1. The molecule has 0 bridgehead atoms. The molecular weight excluding hydrogens is 362 g/mol. The summed E-state index contributed by atoms with van der Waals surface area (Å²) in [6.45, 7) is 9.61. The van der Waals surface area contributed by atoms with E-state index in [2.05, 4.69) is 10.0 Å². The van der Waals surface area contributed by atoms with E-state index >= 15 is 0 Å². The zero-order valence-corrected chi connectivity index (χ0v) is 17.1. The van der Waals surface area contributed by atoms with Crippen molar-refractivity contribution in [1.82, 2.24) is 10.0 Å². The smallest absolute Gasteiger partial charge is 0.241 e. The van der Waals surface area contributed by atoms with Gasteiger partial charge in [-0.05, 0) is 45.2 Å². The van der Waals surface area contributed by atoms with Crippen LogP contribution in [0.5, 0.6) is 0 Å². The Morgan fingerprint density at radius 1 is 1.20 bits per heavy atom. The maximum absolute atomic E-state index is 12.5. The van der Waals surface area contributed by atoms with Crippen LogP contribution in [-0.4, -0.2) is 32.5 Å². The molecule has 0 saturated heterocycles. The number of nitrogens with one attached hydrogen (secondary N) is 2. The van der Waals surface area contributed by atoms with Gasteiger partial charge in [0.1, 0.15) is 6.04 Å². The summed E-state index contributed by atoms with van der Waals surface area (Å²) < 4.78 is 27.6. The molecule has 0 saturated carbocycles. The first kappa shape index (κ1) is 23.9. The van der Waals surface area contributed by atoms with Crippen molar-refractivity contribution in [2.24, 2.45) is 11.7 Å². The van der Waals surface area contributed by atoms with Gasteiger partial charge in [-0.15, -0.1) is 12.4 Å². The van der Waals surface area contributed by atoms with Crippen LogP contribution in [0.2, 0.25) is 0 Å². The summed E-state index contributed by atoms with van der Waals surface area (Å²) in [5.74, 6) is -0.203. The maximum atomic E-state index is 12.5. The average Bonchev–Trinajstić information content (AvgIpc) is 2.43. The predicted molar refractivity (Wildman–Crippen MR) is 103 cm³/mol. The van der Waals surface area contributed by atoms with Crippen LogP contribution in [0.15, 0.2) is 29.2 Å². The fourth-order valence-corrected chi connectivity index (χ4v) is 3.30. The van der Waals surface area contributed by atoms with Crippen molar-refractivity contribution in [1.29, 1.82) is 0 Å². The Hall–Kier alpha value is -1.15. The molecule has 1 unspecified atom stereocenters. The second kappa shape index (κ2) is 9.52. The van der Waals surface area contributed by atoms with Gasteiger partial charge in [0.15, 0.2) is 0 Å². The van der Waals surface area contributed by atoms with Gasteiger partial charge in [-0.3, -0.25) is 4.79 Å². The molecule has 0 aromatic heterocycles. The molecule has 1 rings (SSSR count). The van der Waals surface area contributed by atoms with E-state index < -0.39 is 21.6 Å². The normalized spacial score (nSPS) is 13.2. The third-order valence-corrected chi connectivity index (χ3v) is 4.86. The van der Waals surface area contributed by atoms with Gasteiger partial charge in [0.05, 0.1) is 4.90 Å². The molecule has 0 radical (unpaired) electrons. The highest BCUT2D eigenvalue weighted by Crippen LogP contribution is 2.13. The first-order valence-electron chi connectivity index (χ1n) is 8.06. The molecule has 1 atom stereocenters. The standard InChI is InChI=1S/C17H29N3O3S.ClH/c1-12(2)10-15(16(21)19-11-17(4,5)18)20-24(22,23)14-8-6-13(3)7-9-14;/h6-9,12,15,20H,10-11,18H2,1-5H3,(H,19,21);1H. The summed E-state index contributed by atoms with van der Waals surface area (Å²) >= 11 is 0. The van der Waals surface area contributed by atoms with Crippen LogP contribution in [0, 0.1) is 12.8 Å². The molecule has 8 heteroatoms. The fraction of sp³-hybridized carbons (Fsp3) is 0.588. The number of rotatable bonds is 8. The van der Waals surface area contributed by atoms with Gasteiger partial charge >= 0.3 is 0 Å².